The van der Waals surface area contributed by atoms with Gasteiger partial charge in [0.2, 0.25) is 0 Å². The molecule has 31 heavy (non-hydrogen) atoms. The van der Waals surface area contributed by atoms with Crippen molar-refractivity contribution in [2.75, 3.05) is 33.4 Å². The van der Waals surface area contributed by atoms with E-state index in [4.69, 9.17) is 9.47 Å². The third-order valence-electron chi connectivity index (χ3n) is 3.47. The average molecular weight is 454 g/mol. The fraction of sp³-hybridized carbons (Fsp3) is 0.542. The highest BCUT2D eigenvalue weighted by Crippen LogP contribution is 2.22. The number of benzene rings is 1. The van der Waals surface area contributed by atoms with Crippen LogP contribution in [0.1, 0.15) is 48.0 Å². The molecular formula is C24H43N3O3S. The first kappa shape index (κ1) is 33.5. The zero-order chi connectivity index (χ0) is 24.7. The number of hydrogen-bond donors (Lipinski definition) is 1. The third-order valence-corrected chi connectivity index (χ3v) is 4.95. The van der Waals surface area contributed by atoms with Crippen molar-refractivity contribution in [2.45, 2.75) is 52.9 Å². The van der Waals surface area contributed by atoms with E-state index in [-0.39, 0.29) is 0 Å². The highest BCUT2D eigenvalue weighted by molar-refractivity contribution is 7.82. The largest absolute Gasteiger partial charge is 0.491 e. The number of methoxy groups -OCH3 is 1. The van der Waals surface area contributed by atoms with Crippen LogP contribution in [0.25, 0.3) is 0 Å². The molecule has 1 aromatic carbocycles. The van der Waals surface area contributed by atoms with Gasteiger partial charge in [0.25, 0.3) is 0 Å². The van der Waals surface area contributed by atoms with E-state index < -0.39 is 11.0 Å². The Balaban J connectivity index is -0.000000552. The first-order valence-corrected chi connectivity index (χ1v) is 11.7. The Morgan fingerprint density at radius 1 is 1.23 bits per heavy atom. The molecule has 0 amide bonds. The first-order valence-electron chi connectivity index (χ1n) is 10.6. The number of nitrogens with zero attached hydrogens (tertiary/aromatic N) is 2. The van der Waals surface area contributed by atoms with Crippen molar-refractivity contribution in [3.05, 3.63) is 36.5 Å². The van der Waals surface area contributed by atoms with Crippen LogP contribution in [-0.4, -0.2) is 48.6 Å². The van der Waals surface area contributed by atoms with Crippen LogP contribution < -0.4 is 10.2 Å². The zero-order valence-electron chi connectivity index (χ0n) is 20.5. The summed E-state index contributed by atoms with van der Waals surface area (Å²) in [5, 5.41) is 3.34. The van der Waals surface area contributed by atoms with Crippen LogP contribution in [0.2, 0.25) is 0 Å². The molecule has 0 aromatic heterocycles. The summed E-state index contributed by atoms with van der Waals surface area (Å²) < 4.78 is 24.8. The van der Waals surface area contributed by atoms with Crippen LogP contribution in [0, 0.1) is 18.8 Å². The van der Waals surface area contributed by atoms with Gasteiger partial charge in [0.1, 0.15) is 23.3 Å². The van der Waals surface area contributed by atoms with Crippen molar-refractivity contribution in [1.29, 1.82) is 0 Å². The molecule has 1 aromatic rings. The second kappa shape index (κ2) is 24.1. The summed E-state index contributed by atoms with van der Waals surface area (Å²) in [5.74, 6) is 1.42. The SMILES string of the molecule is C#C.C=NNC(=C)C.CC.CC.COCCOc1ccc(S(=O)N2CC[C@H](C)C2)cc1. The number of allylic oxidation sites excluding steroid dienone is 1. The molecule has 0 aliphatic carbocycles. The molecule has 1 heterocycles. The van der Waals surface area contributed by atoms with Gasteiger partial charge in [-0.25, -0.2) is 8.51 Å². The van der Waals surface area contributed by atoms with E-state index >= 15 is 0 Å². The zero-order valence-corrected chi connectivity index (χ0v) is 21.3. The Hall–Kier alpha value is -2.14. The summed E-state index contributed by atoms with van der Waals surface area (Å²) in [4.78, 5) is 0.841. The fourth-order valence-electron chi connectivity index (χ4n) is 2.22. The third kappa shape index (κ3) is 17.3. The van der Waals surface area contributed by atoms with Crippen molar-refractivity contribution < 1.29 is 13.7 Å². The summed E-state index contributed by atoms with van der Waals surface area (Å²) in [6.45, 7) is 21.6. The molecule has 0 radical (unpaired) electrons. The van der Waals surface area contributed by atoms with Crippen molar-refractivity contribution in [2.24, 2.45) is 11.0 Å². The van der Waals surface area contributed by atoms with Gasteiger partial charge in [-0.05, 0) is 43.5 Å². The van der Waals surface area contributed by atoms with Crippen LogP contribution >= 0.6 is 0 Å². The second-order valence-electron chi connectivity index (χ2n) is 5.89. The van der Waals surface area contributed by atoms with Crippen LogP contribution in [-0.2, 0) is 15.7 Å². The molecule has 7 heteroatoms. The summed E-state index contributed by atoms with van der Waals surface area (Å²) in [6.07, 6.45) is 9.13. The molecule has 1 N–H and O–H groups in total. The highest BCUT2D eigenvalue weighted by Gasteiger charge is 2.24. The molecule has 178 valence electrons. The molecule has 0 spiro atoms. The van der Waals surface area contributed by atoms with Crippen LogP contribution in [0.3, 0.4) is 0 Å². The normalized spacial score (nSPS) is 14.9. The first-order chi connectivity index (χ1) is 15.0. The lowest BCUT2D eigenvalue weighted by Gasteiger charge is -2.14. The maximum absolute atomic E-state index is 12.3. The van der Waals surface area contributed by atoms with Crippen molar-refractivity contribution in [3.63, 3.8) is 0 Å². The van der Waals surface area contributed by atoms with Crippen molar-refractivity contribution in [1.82, 2.24) is 9.73 Å². The Labute approximate surface area is 193 Å². The maximum atomic E-state index is 12.3. The lowest BCUT2D eigenvalue weighted by atomic mass is 10.2. The number of nitrogens with one attached hydrogen (secondary N) is 1. The minimum absolute atomic E-state index is 0.530. The molecular weight excluding hydrogens is 410 g/mol. The van der Waals surface area contributed by atoms with E-state index in [1.165, 1.54) is 0 Å². The van der Waals surface area contributed by atoms with Crippen LogP contribution in [0.5, 0.6) is 5.75 Å². The van der Waals surface area contributed by atoms with E-state index in [1.54, 1.807) is 7.11 Å². The number of terminal acetylenes is 1. The topological polar surface area (TPSA) is 63.2 Å². The lowest BCUT2D eigenvalue weighted by Crippen LogP contribution is -2.23. The molecule has 1 saturated heterocycles. The Morgan fingerprint density at radius 2 is 1.77 bits per heavy atom. The minimum atomic E-state index is -1.04. The van der Waals surface area contributed by atoms with Gasteiger partial charge in [0.05, 0.1) is 11.5 Å². The van der Waals surface area contributed by atoms with Crippen molar-refractivity contribution >= 4 is 17.7 Å². The van der Waals surface area contributed by atoms with Gasteiger partial charge in [0, 0.05) is 32.6 Å². The molecule has 2 rings (SSSR count). The van der Waals surface area contributed by atoms with E-state index in [0.29, 0.717) is 19.1 Å². The maximum Gasteiger partial charge on any atom is 0.127 e. The van der Waals surface area contributed by atoms with Gasteiger partial charge in [-0.15, -0.1) is 12.8 Å². The molecule has 1 aliphatic rings. The predicted octanol–water partition coefficient (Wildman–Crippen LogP) is 5.10. The van der Waals surface area contributed by atoms with E-state index in [1.807, 2.05) is 63.2 Å². The number of rotatable bonds is 8. The standard InChI is InChI=1S/C14H21NO3S.C4H8N2.2C2H6.C2H2/c1-12-7-8-15(11-12)19(16)14-5-3-13(4-6-14)18-10-9-17-2;1-4(2)6-5-3;3*1-2/h3-6,12H,7-11H2,1-2H3;6H,1,3H2,2H3;2*1-2H3;1-2H/t12-,19?;;;;/m0..../s1. The summed E-state index contributed by atoms with van der Waals surface area (Å²) in [6, 6.07) is 7.48. The molecule has 1 aliphatic heterocycles. The second-order valence-corrected chi connectivity index (χ2v) is 7.38. The van der Waals surface area contributed by atoms with Crippen LogP contribution in [0.4, 0.5) is 0 Å². The van der Waals surface area contributed by atoms with E-state index in [2.05, 4.69) is 43.6 Å². The van der Waals surface area contributed by atoms with Gasteiger partial charge in [-0.2, -0.15) is 5.10 Å². The summed E-state index contributed by atoms with van der Waals surface area (Å²) in [7, 11) is 0.604. The lowest BCUT2D eigenvalue weighted by molar-refractivity contribution is 0.146. The Kier molecular flexibility index (Phi) is 26.1. The molecule has 2 atom stereocenters. The van der Waals surface area contributed by atoms with Gasteiger partial charge in [-0.3, -0.25) is 5.43 Å². The molecule has 1 fully saturated rings. The number of ether oxygens (including phenoxy) is 2. The predicted molar refractivity (Wildman–Crippen MR) is 136 cm³/mol. The quantitative estimate of drug-likeness (QED) is 0.257. The average Bonchev–Trinajstić information content (AvgIpc) is 3.25. The molecule has 0 bridgehead atoms. The van der Waals surface area contributed by atoms with Crippen LogP contribution in [0.15, 0.2) is 46.5 Å². The van der Waals surface area contributed by atoms with E-state index in [9.17, 15) is 4.21 Å². The Morgan fingerprint density at radius 3 is 2.13 bits per heavy atom. The van der Waals surface area contributed by atoms with Crippen molar-refractivity contribution in [3.8, 4) is 18.6 Å². The Bertz CT molecular complexity index is 604. The van der Waals surface area contributed by atoms with Gasteiger partial charge in [0.15, 0.2) is 0 Å². The van der Waals surface area contributed by atoms with Gasteiger partial charge >= 0.3 is 0 Å². The highest BCUT2D eigenvalue weighted by atomic mass is 32.2. The number of hydrazone groups is 1. The monoisotopic (exact) mass is 453 g/mol. The molecule has 1 unspecified atom stereocenters. The molecule has 6 nitrogen and oxygen atoms in total. The summed E-state index contributed by atoms with van der Waals surface area (Å²) in [5.41, 5.74) is 3.34. The van der Waals surface area contributed by atoms with Gasteiger partial charge < -0.3 is 9.47 Å². The van der Waals surface area contributed by atoms with E-state index in [0.717, 1.165) is 35.9 Å². The smallest absolute Gasteiger partial charge is 0.127 e. The fourth-order valence-corrected chi connectivity index (χ4v) is 3.55. The minimum Gasteiger partial charge on any atom is -0.491 e. The summed E-state index contributed by atoms with van der Waals surface area (Å²) >= 11 is 0. The van der Waals surface area contributed by atoms with Gasteiger partial charge in [-0.1, -0.05) is 41.2 Å². The number of hydrogen-bond acceptors (Lipinski definition) is 5. The molecule has 0 saturated carbocycles.